The summed E-state index contributed by atoms with van der Waals surface area (Å²) in [6.07, 6.45) is 6.62. The Morgan fingerprint density at radius 2 is 2.24 bits per heavy atom. The molecule has 3 rings (SSSR count). The molecule has 114 valence electrons. The molecule has 1 fully saturated rings. The molecule has 2 aromatic rings. The fourth-order valence-corrected chi connectivity index (χ4v) is 3.01. The van der Waals surface area contributed by atoms with Crippen LogP contribution < -0.4 is 5.32 Å². The maximum Gasteiger partial charge on any atom is 0.229 e. The molecule has 0 bridgehead atoms. The van der Waals surface area contributed by atoms with Crippen LogP contribution in [-0.2, 0) is 0 Å². The van der Waals surface area contributed by atoms with E-state index in [4.69, 9.17) is 0 Å². The Morgan fingerprint density at radius 3 is 3.14 bits per heavy atom. The first-order valence-electron chi connectivity index (χ1n) is 7.77. The molecule has 0 amide bonds. The largest absolute Gasteiger partial charge is 0.395 e. The average Bonchev–Trinajstić information content (AvgIpc) is 2.95. The van der Waals surface area contributed by atoms with Gasteiger partial charge >= 0.3 is 0 Å². The molecule has 2 aromatic heterocycles. The maximum atomic E-state index is 9.41. The number of aromatic nitrogens is 3. The highest BCUT2D eigenvalue weighted by molar-refractivity contribution is 5.44. The van der Waals surface area contributed by atoms with Gasteiger partial charge in [-0.15, -0.1) is 10.2 Å². The summed E-state index contributed by atoms with van der Waals surface area (Å²) in [5.74, 6) is 0.794. The quantitative estimate of drug-likeness (QED) is 0.787. The first-order chi connectivity index (χ1) is 10.4. The lowest BCUT2D eigenvalue weighted by atomic mass is 10.0. The van der Waals surface area contributed by atoms with E-state index in [0.29, 0.717) is 6.04 Å². The third kappa shape index (κ3) is 3.33. The highest BCUT2D eigenvalue weighted by Gasteiger charge is 2.20. The second-order valence-electron chi connectivity index (χ2n) is 5.60. The summed E-state index contributed by atoms with van der Waals surface area (Å²) in [4.78, 5) is 2.41. The number of piperidine rings is 1. The lowest BCUT2D eigenvalue weighted by Gasteiger charge is -2.34. The van der Waals surface area contributed by atoms with Crippen molar-refractivity contribution >= 4 is 11.6 Å². The maximum absolute atomic E-state index is 9.41. The third-order valence-electron chi connectivity index (χ3n) is 4.18. The molecule has 0 saturated carbocycles. The van der Waals surface area contributed by atoms with Gasteiger partial charge in [-0.2, -0.15) is 0 Å². The second kappa shape index (κ2) is 6.87. The topological polar surface area (TPSA) is 65.7 Å². The molecule has 0 spiro atoms. The zero-order valence-electron chi connectivity index (χ0n) is 12.3. The highest BCUT2D eigenvalue weighted by Crippen LogP contribution is 2.16. The summed E-state index contributed by atoms with van der Waals surface area (Å²) in [6, 6.07) is 6.23. The Labute approximate surface area is 124 Å². The number of pyridine rings is 1. The van der Waals surface area contributed by atoms with Crippen molar-refractivity contribution in [3.63, 3.8) is 0 Å². The van der Waals surface area contributed by atoms with E-state index in [9.17, 15) is 5.11 Å². The van der Waals surface area contributed by atoms with E-state index in [1.54, 1.807) is 0 Å². The minimum atomic E-state index is 0.280. The molecule has 2 N–H and O–H groups in total. The average molecular weight is 289 g/mol. The molecule has 1 atom stereocenters. The molecule has 1 unspecified atom stereocenters. The standard InChI is InChI=1S/C15H23N5O/c21-12-13-6-1-3-9-19(13)10-5-8-16-15-18-17-14-7-2-4-11-20(14)15/h2,4,7,11,13,21H,1,3,5-6,8-10,12H2,(H,16,18). The minimum absolute atomic E-state index is 0.280. The van der Waals surface area contributed by atoms with Crippen molar-refractivity contribution in [2.24, 2.45) is 0 Å². The van der Waals surface area contributed by atoms with Gasteiger partial charge in [-0.25, -0.2) is 0 Å². The molecule has 0 aromatic carbocycles. The van der Waals surface area contributed by atoms with Gasteiger partial charge in [0.05, 0.1) is 6.61 Å². The first-order valence-corrected chi connectivity index (χ1v) is 7.77. The van der Waals surface area contributed by atoms with E-state index in [1.165, 1.54) is 12.8 Å². The van der Waals surface area contributed by atoms with E-state index in [1.807, 2.05) is 28.8 Å². The van der Waals surface area contributed by atoms with Crippen molar-refractivity contribution in [1.82, 2.24) is 19.5 Å². The van der Waals surface area contributed by atoms with Crippen LogP contribution in [0.1, 0.15) is 25.7 Å². The van der Waals surface area contributed by atoms with Crippen molar-refractivity contribution in [3.8, 4) is 0 Å². The molecule has 1 aliphatic rings. The molecular weight excluding hydrogens is 266 g/mol. The number of hydrogen-bond acceptors (Lipinski definition) is 5. The summed E-state index contributed by atoms with van der Waals surface area (Å²) in [5.41, 5.74) is 0.858. The van der Waals surface area contributed by atoms with Crippen molar-refractivity contribution in [2.45, 2.75) is 31.7 Å². The van der Waals surface area contributed by atoms with Gasteiger partial charge in [0.25, 0.3) is 0 Å². The van der Waals surface area contributed by atoms with Crippen LogP contribution in [0, 0.1) is 0 Å². The van der Waals surface area contributed by atoms with Crippen LogP contribution in [-0.4, -0.2) is 56.9 Å². The normalized spacial score (nSPS) is 20.0. The first kappa shape index (κ1) is 14.3. The van der Waals surface area contributed by atoms with Gasteiger partial charge in [-0.05, 0) is 37.9 Å². The van der Waals surface area contributed by atoms with Gasteiger partial charge in [0.2, 0.25) is 5.95 Å². The fraction of sp³-hybridized carbons (Fsp3) is 0.600. The minimum Gasteiger partial charge on any atom is -0.395 e. The Bertz CT molecular complexity index is 570. The third-order valence-corrected chi connectivity index (χ3v) is 4.18. The van der Waals surface area contributed by atoms with Crippen LogP contribution in [0.25, 0.3) is 5.65 Å². The number of fused-ring (bicyclic) bond motifs is 1. The second-order valence-corrected chi connectivity index (χ2v) is 5.60. The lowest BCUT2D eigenvalue weighted by molar-refractivity contribution is 0.0901. The van der Waals surface area contributed by atoms with Crippen LogP contribution in [0.5, 0.6) is 0 Å². The molecule has 0 aliphatic carbocycles. The summed E-state index contributed by atoms with van der Waals surface area (Å²) in [7, 11) is 0. The molecule has 6 nitrogen and oxygen atoms in total. The van der Waals surface area contributed by atoms with Gasteiger partial charge in [-0.1, -0.05) is 12.5 Å². The van der Waals surface area contributed by atoms with E-state index >= 15 is 0 Å². The van der Waals surface area contributed by atoms with Gasteiger partial charge < -0.3 is 10.4 Å². The predicted octanol–water partition coefficient (Wildman–Crippen LogP) is 1.38. The zero-order valence-corrected chi connectivity index (χ0v) is 12.3. The van der Waals surface area contributed by atoms with Crippen LogP contribution in [0.2, 0.25) is 0 Å². The molecule has 3 heterocycles. The number of aliphatic hydroxyl groups excluding tert-OH is 1. The number of hydrogen-bond donors (Lipinski definition) is 2. The Balaban J connectivity index is 1.48. The summed E-state index contributed by atoms with van der Waals surface area (Å²) in [5, 5.41) is 21.0. The number of aliphatic hydroxyl groups is 1. The van der Waals surface area contributed by atoms with Gasteiger partial charge in [0.1, 0.15) is 0 Å². The van der Waals surface area contributed by atoms with E-state index < -0.39 is 0 Å². The van der Waals surface area contributed by atoms with E-state index in [0.717, 1.165) is 44.1 Å². The monoisotopic (exact) mass is 289 g/mol. The fourth-order valence-electron chi connectivity index (χ4n) is 3.01. The van der Waals surface area contributed by atoms with E-state index in [-0.39, 0.29) is 6.61 Å². The number of anilines is 1. The summed E-state index contributed by atoms with van der Waals surface area (Å²) in [6.45, 7) is 3.28. The number of nitrogens with zero attached hydrogens (tertiary/aromatic N) is 4. The predicted molar refractivity (Wildman–Crippen MR) is 82.4 cm³/mol. The number of likely N-dealkylation sites (tertiary alicyclic amines) is 1. The van der Waals surface area contributed by atoms with Gasteiger partial charge in [-0.3, -0.25) is 9.30 Å². The Morgan fingerprint density at radius 1 is 1.29 bits per heavy atom. The van der Waals surface area contributed by atoms with Crippen molar-refractivity contribution in [3.05, 3.63) is 24.4 Å². The zero-order chi connectivity index (χ0) is 14.5. The van der Waals surface area contributed by atoms with Crippen LogP contribution in [0.3, 0.4) is 0 Å². The molecule has 0 radical (unpaired) electrons. The number of rotatable bonds is 6. The van der Waals surface area contributed by atoms with Gasteiger partial charge in [0.15, 0.2) is 5.65 Å². The Kier molecular flexibility index (Phi) is 4.67. The molecule has 6 heteroatoms. The lowest BCUT2D eigenvalue weighted by Crippen LogP contribution is -2.42. The van der Waals surface area contributed by atoms with Crippen LogP contribution in [0.15, 0.2) is 24.4 Å². The molecular formula is C15H23N5O. The summed E-state index contributed by atoms with van der Waals surface area (Å²) >= 11 is 0. The Hall–Kier alpha value is -1.66. The summed E-state index contributed by atoms with van der Waals surface area (Å²) < 4.78 is 1.96. The van der Waals surface area contributed by atoms with Crippen molar-refractivity contribution < 1.29 is 5.11 Å². The smallest absolute Gasteiger partial charge is 0.229 e. The number of nitrogens with one attached hydrogen (secondary N) is 1. The SMILES string of the molecule is OCC1CCCCN1CCCNc1nnc2ccccn12. The molecule has 1 saturated heterocycles. The molecule has 1 aliphatic heterocycles. The molecule has 21 heavy (non-hydrogen) atoms. The van der Waals surface area contributed by atoms with E-state index in [2.05, 4.69) is 20.4 Å². The van der Waals surface area contributed by atoms with Gasteiger partial charge in [0, 0.05) is 25.3 Å². The van der Waals surface area contributed by atoms with Crippen LogP contribution in [0.4, 0.5) is 5.95 Å². The van der Waals surface area contributed by atoms with Crippen LogP contribution >= 0.6 is 0 Å². The van der Waals surface area contributed by atoms with Crippen molar-refractivity contribution in [2.75, 3.05) is 31.6 Å². The van der Waals surface area contributed by atoms with Crippen molar-refractivity contribution in [1.29, 1.82) is 0 Å². The highest BCUT2D eigenvalue weighted by atomic mass is 16.3.